The molecule has 3 atom stereocenters. The van der Waals surface area contributed by atoms with Crippen molar-refractivity contribution in [1.29, 1.82) is 0 Å². The average molecular weight is 408 g/mol. The first-order chi connectivity index (χ1) is 14.4. The van der Waals surface area contributed by atoms with E-state index in [4.69, 9.17) is 4.74 Å². The third-order valence-electron chi connectivity index (χ3n) is 5.46. The van der Waals surface area contributed by atoms with E-state index in [1.165, 1.54) is 17.3 Å². The Morgan fingerprint density at radius 3 is 2.73 bits per heavy atom. The number of hydrogen-bond donors (Lipinski definition) is 2. The van der Waals surface area contributed by atoms with Gasteiger partial charge in [-0.05, 0) is 36.8 Å². The number of anilines is 1. The zero-order valence-corrected chi connectivity index (χ0v) is 16.2. The molecule has 2 aliphatic heterocycles. The van der Waals surface area contributed by atoms with E-state index in [1.54, 1.807) is 43.5 Å². The molecular formula is C21H20N4O5. The number of nitrogens with one attached hydrogen (secondary N) is 1. The Balaban J connectivity index is 1.49. The Morgan fingerprint density at radius 2 is 2.07 bits per heavy atom. The lowest BCUT2D eigenvalue weighted by Crippen LogP contribution is -2.58. The van der Waals surface area contributed by atoms with E-state index in [0.29, 0.717) is 23.4 Å². The SMILES string of the molecule is C[C@@]1(COC(=O)Nc2ccncc2)CC2/C(=C\c3ccccn3)C(=O)N2[C@H]1C(=O)O. The first-order valence-electron chi connectivity index (χ1n) is 9.41. The fourth-order valence-electron chi connectivity index (χ4n) is 4.06. The van der Waals surface area contributed by atoms with Gasteiger partial charge >= 0.3 is 12.1 Å². The van der Waals surface area contributed by atoms with Crippen LogP contribution in [0.1, 0.15) is 19.0 Å². The van der Waals surface area contributed by atoms with Gasteiger partial charge in [0.2, 0.25) is 0 Å². The summed E-state index contributed by atoms with van der Waals surface area (Å²) in [6.45, 7) is 1.58. The molecule has 2 aliphatic rings. The van der Waals surface area contributed by atoms with Crippen LogP contribution in [-0.4, -0.2) is 56.6 Å². The van der Waals surface area contributed by atoms with Gasteiger partial charge in [-0.3, -0.25) is 20.1 Å². The van der Waals surface area contributed by atoms with E-state index < -0.39 is 23.5 Å². The molecule has 0 aromatic carbocycles. The highest BCUT2D eigenvalue weighted by Crippen LogP contribution is 2.49. The smallest absolute Gasteiger partial charge is 0.411 e. The maximum absolute atomic E-state index is 12.7. The summed E-state index contributed by atoms with van der Waals surface area (Å²) in [7, 11) is 0. The predicted octanol–water partition coefficient (Wildman–Crippen LogP) is 2.18. The van der Waals surface area contributed by atoms with Gasteiger partial charge in [-0.25, -0.2) is 9.59 Å². The minimum Gasteiger partial charge on any atom is -0.480 e. The third-order valence-corrected chi connectivity index (χ3v) is 5.46. The van der Waals surface area contributed by atoms with Crippen LogP contribution < -0.4 is 5.32 Å². The van der Waals surface area contributed by atoms with E-state index in [9.17, 15) is 19.5 Å². The number of hydrogen-bond acceptors (Lipinski definition) is 6. The van der Waals surface area contributed by atoms with E-state index in [0.717, 1.165) is 0 Å². The average Bonchev–Trinajstić information content (AvgIpc) is 3.02. The lowest BCUT2D eigenvalue weighted by Gasteiger charge is -2.40. The van der Waals surface area contributed by atoms with Crippen molar-refractivity contribution in [2.75, 3.05) is 11.9 Å². The second-order valence-corrected chi connectivity index (χ2v) is 7.62. The Kier molecular flexibility index (Phi) is 4.94. The molecule has 2 aromatic heterocycles. The normalized spacial score (nSPS) is 26.1. The highest BCUT2D eigenvalue weighted by molar-refractivity contribution is 6.08. The maximum atomic E-state index is 12.7. The van der Waals surface area contributed by atoms with Crippen LogP contribution in [0.2, 0.25) is 0 Å². The van der Waals surface area contributed by atoms with Crippen LogP contribution in [0.15, 0.2) is 54.5 Å². The van der Waals surface area contributed by atoms with Crippen LogP contribution in [0.5, 0.6) is 0 Å². The minimum absolute atomic E-state index is 0.141. The number of nitrogens with zero attached hydrogens (tertiary/aromatic N) is 3. The lowest BCUT2D eigenvalue weighted by atomic mass is 9.81. The van der Waals surface area contributed by atoms with Crippen LogP contribution in [-0.2, 0) is 14.3 Å². The quantitative estimate of drug-likeness (QED) is 0.574. The molecule has 30 heavy (non-hydrogen) atoms. The Hall–Kier alpha value is -3.75. The summed E-state index contributed by atoms with van der Waals surface area (Å²) >= 11 is 0. The minimum atomic E-state index is -1.12. The summed E-state index contributed by atoms with van der Waals surface area (Å²) < 4.78 is 5.32. The molecule has 9 heteroatoms. The molecular weight excluding hydrogens is 388 g/mol. The second-order valence-electron chi connectivity index (χ2n) is 7.62. The molecule has 2 aromatic rings. The van der Waals surface area contributed by atoms with Crippen molar-refractivity contribution >= 4 is 29.7 Å². The summed E-state index contributed by atoms with van der Waals surface area (Å²) in [4.78, 5) is 46.2. The monoisotopic (exact) mass is 408 g/mol. The van der Waals surface area contributed by atoms with E-state index >= 15 is 0 Å². The van der Waals surface area contributed by atoms with Crippen molar-refractivity contribution < 1.29 is 24.2 Å². The first-order valence-corrected chi connectivity index (χ1v) is 9.41. The number of carboxylic acids is 1. The van der Waals surface area contributed by atoms with Gasteiger partial charge in [-0.2, -0.15) is 0 Å². The molecule has 4 heterocycles. The zero-order chi connectivity index (χ0) is 21.3. The molecule has 0 bridgehead atoms. The number of aliphatic carboxylic acids is 1. The van der Waals surface area contributed by atoms with Crippen LogP contribution >= 0.6 is 0 Å². The molecule has 0 radical (unpaired) electrons. The summed E-state index contributed by atoms with van der Waals surface area (Å²) in [5.74, 6) is -1.45. The number of amides is 2. The van der Waals surface area contributed by atoms with Gasteiger partial charge in [-0.1, -0.05) is 13.0 Å². The zero-order valence-electron chi connectivity index (χ0n) is 16.2. The number of carbonyl (C=O) groups is 3. The van der Waals surface area contributed by atoms with E-state index in [-0.39, 0.29) is 18.6 Å². The molecule has 0 spiro atoms. The molecule has 4 rings (SSSR count). The van der Waals surface area contributed by atoms with Crippen molar-refractivity contribution in [2.45, 2.75) is 25.4 Å². The lowest BCUT2D eigenvalue weighted by molar-refractivity contribution is -0.155. The van der Waals surface area contributed by atoms with Gasteiger partial charge in [0, 0.05) is 35.3 Å². The number of carbonyl (C=O) groups excluding carboxylic acids is 2. The molecule has 2 fully saturated rings. The topological polar surface area (TPSA) is 122 Å². The molecule has 2 saturated heterocycles. The van der Waals surface area contributed by atoms with E-state index in [1.807, 2.05) is 6.07 Å². The van der Waals surface area contributed by atoms with Gasteiger partial charge in [0.05, 0.1) is 11.7 Å². The number of carboxylic acid groups (broad SMARTS) is 1. The van der Waals surface area contributed by atoms with Gasteiger partial charge in [0.1, 0.15) is 12.6 Å². The van der Waals surface area contributed by atoms with Gasteiger partial charge in [0.15, 0.2) is 0 Å². The molecule has 1 unspecified atom stereocenters. The van der Waals surface area contributed by atoms with Crippen molar-refractivity contribution in [2.24, 2.45) is 5.41 Å². The van der Waals surface area contributed by atoms with Crippen LogP contribution in [0.25, 0.3) is 6.08 Å². The van der Waals surface area contributed by atoms with Crippen LogP contribution in [0.4, 0.5) is 10.5 Å². The van der Waals surface area contributed by atoms with Gasteiger partial charge in [-0.15, -0.1) is 0 Å². The summed E-state index contributed by atoms with van der Waals surface area (Å²) in [6.07, 6.45) is 6.04. The predicted molar refractivity (Wildman–Crippen MR) is 106 cm³/mol. The van der Waals surface area contributed by atoms with Gasteiger partial charge in [0.25, 0.3) is 5.91 Å². The summed E-state index contributed by atoms with van der Waals surface area (Å²) in [5, 5.41) is 12.3. The molecule has 9 nitrogen and oxygen atoms in total. The van der Waals surface area contributed by atoms with Crippen molar-refractivity contribution in [3.63, 3.8) is 0 Å². The molecule has 2 amide bonds. The summed E-state index contributed by atoms with van der Waals surface area (Å²) in [5.41, 5.74) is 0.737. The van der Waals surface area contributed by atoms with Crippen molar-refractivity contribution in [3.8, 4) is 0 Å². The highest BCUT2D eigenvalue weighted by Gasteiger charge is 2.62. The number of rotatable bonds is 5. The maximum Gasteiger partial charge on any atom is 0.411 e. The fraction of sp³-hybridized carbons (Fsp3) is 0.286. The number of aromatic nitrogens is 2. The first kappa shape index (κ1) is 19.6. The van der Waals surface area contributed by atoms with Crippen molar-refractivity contribution in [1.82, 2.24) is 14.9 Å². The van der Waals surface area contributed by atoms with Gasteiger partial charge < -0.3 is 14.7 Å². The number of ether oxygens (including phenoxy) is 1. The Morgan fingerprint density at radius 1 is 1.30 bits per heavy atom. The number of pyridine rings is 2. The molecule has 154 valence electrons. The largest absolute Gasteiger partial charge is 0.480 e. The molecule has 0 aliphatic carbocycles. The standard InChI is InChI=1S/C21H20N4O5/c1-21(12-30-20(29)24-13-5-8-22-9-6-13)11-16-15(10-14-4-2-3-7-23-14)18(26)25(16)17(21)19(27)28/h2-10,16-17H,11-12H2,1H3,(H,27,28)(H,22,24,29)/b15-10+/t16?,17-,21-/m0/s1. The number of β-lactam (4-membered cyclic amide) rings is 1. The number of fused-ring (bicyclic) bond motifs is 1. The fourth-order valence-corrected chi connectivity index (χ4v) is 4.06. The van der Waals surface area contributed by atoms with E-state index in [2.05, 4.69) is 15.3 Å². The third kappa shape index (κ3) is 3.49. The Labute approximate surface area is 172 Å². The van der Waals surface area contributed by atoms with Crippen LogP contribution in [0.3, 0.4) is 0 Å². The second kappa shape index (κ2) is 7.58. The summed E-state index contributed by atoms with van der Waals surface area (Å²) in [6, 6.07) is 7.16. The molecule has 0 saturated carbocycles. The highest BCUT2D eigenvalue weighted by atomic mass is 16.5. The van der Waals surface area contributed by atoms with Crippen LogP contribution in [0, 0.1) is 5.41 Å². The Bertz CT molecular complexity index is 1010. The van der Waals surface area contributed by atoms with Crippen molar-refractivity contribution in [3.05, 3.63) is 60.2 Å². The molecule has 2 N–H and O–H groups in total.